The van der Waals surface area contributed by atoms with Crippen LogP contribution in [-0.4, -0.2) is 29.5 Å². The van der Waals surface area contributed by atoms with Gasteiger partial charge in [0.05, 0.1) is 5.56 Å². The lowest BCUT2D eigenvalue weighted by atomic mass is 9.91. The number of nitrogens with zero attached hydrogens (tertiary/aromatic N) is 3. The quantitative estimate of drug-likeness (QED) is 0.759. The van der Waals surface area contributed by atoms with Crippen molar-refractivity contribution >= 4 is 12.4 Å². The predicted molar refractivity (Wildman–Crippen MR) is 109 cm³/mol. The highest BCUT2D eigenvalue weighted by Gasteiger charge is 2.44. The lowest BCUT2D eigenvalue weighted by molar-refractivity contribution is -0.138. The van der Waals surface area contributed by atoms with Gasteiger partial charge in [0.25, 0.3) is 0 Å². The Hall–Kier alpha value is -2.64. The highest BCUT2D eigenvalue weighted by atomic mass is 19.4. The van der Waals surface area contributed by atoms with Gasteiger partial charge in [0.1, 0.15) is 0 Å². The number of anilines is 1. The van der Waals surface area contributed by atoms with E-state index in [-0.39, 0.29) is 12.3 Å². The third kappa shape index (κ3) is 4.74. The third-order valence-electron chi connectivity index (χ3n) is 6.00. The Labute approximate surface area is 174 Å². The number of hydrogen-bond acceptors (Lipinski definition) is 4. The Morgan fingerprint density at radius 3 is 2.33 bits per heavy atom. The van der Waals surface area contributed by atoms with Crippen molar-refractivity contribution in [2.24, 2.45) is 17.6 Å². The van der Waals surface area contributed by atoms with E-state index in [1.165, 1.54) is 12.1 Å². The molecule has 30 heavy (non-hydrogen) atoms. The molecule has 2 aliphatic rings. The monoisotopic (exact) mass is 420 g/mol. The molecule has 4 rings (SSSR count). The van der Waals surface area contributed by atoms with Gasteiger partial charge in [0, 0.05) is 24.5 Å². The summed E-state index contributed by atoms with van der Waals surface area (Å²) < 4.78 is 40.1. The molecule has 0 radical (unpaired) electrons. The fourth-order valence-electron chi connectivity index (χ4n) is 4.77. The molecule has 8 heteroatoms. The van der Waals surface area contributed by atoms with E-state index in [0.717, 1.165) is 49.7 Å². The SMILES string of the molecule is CCc1cc(C)nc(N2C[C@H]3CC(c4ccccc4C(F)(F)F)C[C@H]3C2)n1.NC=O. The smallest absolute Gasteiger partial charge is 0.372 e. The normalized spacial score (nSPS) is 23.0. The number of primary amides is 1. The van der Waals surface area contributed by atoms with Crippen LogP contribution in [0.4, 0.5) is 19.1 Å². The summed E-state index contributed by atoms with van der Waals surface area (Å²) in [4.78, 5) is 20.0. The molecule has 2 heterocycles. The fourth-order valence-corrected chi connectivity index (χ4v) is 4.77. The maximum absolute atomic E-state index is 13.4. The number of halogens is 3. The third-order valence-corrected chi connectivity index (χ3v) is 6.00. The molecule has 1 saturated heterocycles. The first-order chi connectivity index (χ1) is 14.3. The van der Waals surface area contributed by atoms with Gasteiger partial charge < -0.3 is 10.6 Å². The van der Waals surface area contributed by atoms with Crippen LogP contribution in [0.25, 0.3) is 0 Å². The van der Waals surface area contributed by atoms with Crippen molar-refractivity contribution < 1.29 is 18.0 Å². The van der Waals surface area contributed by atoms with Crippen LogP contribution in [-0.2, 0) is 17.4 Å². The molecule has 2 aromatic rings. The van der Waals surface area contributed by atoms with E-state index in [4.69, 9.17) is 4.79 Å². The van der Waals surface area contributed by atoms with Crippen LogP contribution in [0.1, 0.15) is 48.2 Å². The summed E-state index contributed by atoms with van der Waals surface area (Å²) in [5, 5.41) is 0. The number of nitrogens with two attached hydrogens (primary N) is 1. The molecule has 162 valence electrons. The minimum Gasteiger partial charge on any atom is -0.372 e. The zero-order valence-corrected chi connectivity index (χ0v) is 17.2. The molecule has 1 aliphatic carbocycles. The van der Waals surface area contributed by atoms with E-state index in [9.17, 15) is 13.2 Å². The highest BCUT2D eigenvalue weighted by molar-refractivity contribution is 5.42. The van der Waals surface area contributed by atoms with E-state index < -0.39 is 11.7 Å². The molecule has 1 saturated carbocycles. The summed E-state index contributed by atoms with van der Waals surface area (Å²) in [5.74, 6) is 1.58. The molecule has 2 N–H and O–H groups in total. The molecule has 2 fully saturated rings. The zero-order chi connectivity index (χ0) is 21.9. The molecular formula is C22H27F3N4O. The molecule has 0 bridgehead atoms. The number of carbonyl (C=O) groups excluding carboxylic acids is 1. The molecule has 3 atom stereocenters. The molecule has 1 amide bonds. The van der Waals surface area contributed by atoms with Crippen LogP contribution in [0.2, 0.25) is 0 Å². The standard InChI is InChI=1S/C21H24F3N3.CH3NO/c1-3-17-8-13(2)25-20(26-17)27-11-15-9-14(10-16(15)12-27)18-6-4-5-7-19(18)21(22,23)24;2-1-3/h4-8,14-16H,3,9-12H2,1-2H3;1H,(H2,2,3)/t14?,15-,16+;. The summed E-state index contributed by atoms with van der Waals surface area (Å²) in [5.41, 5.74) is 6.16. The van der Waals surface area contributed by atoms with Crippen molar-refractivity contribution in [1.29, 1.82) is 0 Å². The lowest BCUT2D eigenvalue weighted by Crippen LogP contribution is -2.24. The average molecular weight is 420 g/mol. The lowest BCUT2D eigenvalue weighted by Gasteiger charge is -2.22. The Balaban J connectivity index is 0.000000806. The number of fused-ring (bicyclic) bond motifs is 1. The van der Waals surface area contributed by atoms with E-state index in [1.54, 1.807) is 12.1 Å². The topological polar surface area (TPSA) is 72.1 Å². The van der Waals surface area contributed by atoms with Gasteiger partial charge in [-0.3, -0.25) is 4.79 Å². The number of carbonyl (C=O) groups is 1. The summed E-state index contributed by atoms with van der Waals surface area (Å²) in [6, 6.07) is 8.07. The van der Waals surface area contributed by atoms with Crippen LogP contribution in [0.15, 0.2) is 30.3 Å². The largest absolute Gasteiger partial charge is 0.416 e. The minimum absolute atomic E-state index is 0.00962. The van der Waals surface area contributed by atoms with E-state index in [0.29, 0.717) is 17.4 Å². The predicted octanol–water partition coefficient (Wildman–Crippen LogP) is 4.10. The number of amides is 1. The minimum atomic E-state index is -4.29. The van der Waals surface area contributed by atoms with Gasteiger partial charge in [-0.2, -0.15) is 13.2 Å². The van der Waals surface area contributed by atoms with Gasteiger partial charge in [-0.15, -0.1) is 0 Å². The molecule has 5 nitrogen and oxygen atoms in total. The van der Waals surface area contributed by atoms with Crippen molar-refractivity contribution in [3.05, 3.63) is 52.8 Å². The molecule has 1 aromatic heterocycles. The van der Waals surface area contributed by atoms with Crippen molar-refractivity contribution in [1.82, 2.24) is 9.97 Å². The van der Waals surface area contributed by atoms with Crippen LogP contribution in [0, 0.1) is 18.8 Å². The maximum Gasteiger partial charge on any atom is 0.416 e. The Morgan fingerprint density at radius 1 is 1.17 bits per heavy atom. The van der Waals surface area contributed by atoms with E-state index >= 15 is 0 Å². The van der Waals surface area contributed by atoms with Crippen LogP contribution in [0.3, 0.4) is 0 Å². The van der Waals surface area contributed by atoms with Crippen molar-refractivity contribution in [2.75, 3.05) is 18.0 Å². The Morgan fingerprint density at radius 2 is 1.77 bits per heavy atom. The van der Waals surface area contributed by atoms with Crippen molar-refractivity contribution in [2.45, 2.75) is 45.2 Å². The number of aryl methyl sites for hydroxylation is 2. The van der Waals surface area contributed by atoms with Gasteiger partial charge in [-0.05, 0) is 61.6 Å². The van der Waals surface area contributed by atoms with Gasteiger partial charge in [0.2, 0.25) is 12.4 Å². The van der Waals surface area contributed by atoms with Crippen molar-refractivity contribution in [3.63, 3.8) is 0 Å². The Kier molecular flexibility index (Phi) is 6.63. The second-order valence-electron chi connectivity index (χ2n) is 7.97. The van der Waals surface area contributed by atoms with Crippen LogP contribution >= 0.6 is 0 Å². The first-order valence-corrected chi connectivity index (χ1v) is 10.2. The highest BCUT2D eigenvalue weighted by Crippen LogP contribution is 2.49. The number of hydrogen-bond donors (Lipinski definition) is 1. The fraction of sp³-hybridized carbons (Fsp3) is 0.500. The molecule has 0 spiro atoms. The molecule has 1 unspecified atom stereocenters. The van der Waals surface area contributed by atoms with Crippen LogP contribution in [0.5, 0.6) is 0 Å². The number of rotatable bonds is 3. The summed E-state index contributed by atoms with van der Waals surface area (Å²) in [6.45, 7) is 5.72. The molecule has 1 aromatic carbocycles. The second-order valence-corrected chi connectivity index (χ2v) is 7.97. The first kappa shape index (κ1) is 22.1. The van der Waals surface area contributed by atoms with Gasteiger partial charge in [0.15, 0.2) is 0 Å². The summed E-state index contributed by atoms with van der Waals surface area (Å²) in [6.07, 6.45) is -1.55. The first-order valence-electron chi connectivity index (χ1n) is 10.2. The average Bonchev–Trinajstić information content (AvgIpc) is 3.27. The summed E-state index contributed by atoms with van der Waals surface area (Å²) in [7, 11) is 0. The Bertz CT molecular complexity index is 873. The zero-order valence-electron chi connectivity index (χ0n) is 17.2. The van der Waals surface area contributed by atoms with Gasteiger partial charge in [-0.1, -0.05) is 25.1 Å². The van der Waals surface area contributed by atoms with Gasteiger partial charge >= 0.3 is 6.18 Å². The van der Waals surface area contributed by atoms with Gasteiger partial charge in [-0.25, -0.2) is 9.97 Å². The molecule has 1 aliphatic heterocycles. The molecular weight excluding hydrogens is 393 g/mol. The number of aromatic nitrogens is 2. The van der Waals surface area contributed by atoms with E-state index in [2.05, 4.69) is 27.5 Å². The number of benzene rings is 1. The second kappa shape index (κ2) is 9.02. The number of alkyl halides is 3. The maximum atomic E-state index is 13.4. The van der Waals surface area contributed by atoms with Crippen molar-refractivity contribution in [3.8, 4) is 0 Å². The summed E-state index contributed by atoms with van der Waals surface area (Å²) >= 11 is 0. The van der Waals surface area contributed by atoms with Crippen LogP contribution < -0.4 is 10.6 Å². The van der Waals surface area contributed by atoms with E-state index in [1.807, 2.05) is 13.0 Å².